The van der Waals surface area contributed by atoms with E-state index in [-0.39, 0.29) is 5.78 Å². The quantitative estimate of drug-likeness (QED) is 0.853. The summed E-state index contributed by atoms with van der Waals surface area (Å²) < 4.78 is 2.36. The molecular formula is C16H25N3O. The molecule has 1 aliphatic heterocycles. The van der Waals surface area contributed by atoms with E-state index in [0.717, 1.165) is 38.2 Å². The number of nitrogens with one attached hydrogen (secondary N) is 1. The first kappa shape index (κ1) is 13.8. The number of hydrogen-bond acceptors (Lipinski definition) is 3. The van der Waals surface area contributed by atoms with Crippen LogP contribution in [0.15, 0.2) is 6.07 Å². The van der Waals surface area contributed by atoms with Gasteiger partial charge >= 0.3 is 0 Å². The predicted molar refractivity (Wildman–Crippen MR) is 80.4 cm³/mol. The maximum atomic E-state index is 12.6. The van der Waals surface area contributed by atoms with E-state index in [0.29, 0.717) is 12.6 Å². The van der Waals surface area contributed by atoms with Crippen molar-refractivity contribution in [1.29, 1.82) is 0 Å². The lowest BCUT2D eigenvalue weighted by atomic mass is 10.1. The molecule has 0 spiro atoms. The van der Waals surface area contributed by atoms with Crippen LogP contribution in [-0.2, 0) is 0 Å². The molecule has 4 nitrogen and oxygen atoms in total. The number of hydrogen-bond donors (Lipinski definition) is 1. The fraction of sp³-hybridized carbons (Fsp3) is 0.688. The highest BCUT2D eigenvalue weighted by Gasteiger charge is 2.28. The van der Waals surface area contributed by atoms with Gasteiger partial charge in [-0.25, -0.2) is 0 Å². The number of carbonyl (C=O) groups excluding carboxylic acids is 1. The number of carbonyl (C=O) groups is 1. The molecule has 110 valence electrons. The van der Waals surface area contributed by atoms with E-state index < -0.39 is 0 Å². The zero-order valence-corrected chi connectivity index (χ0v) is 12.6. The van der Waals surface area contributed by atoms with Crippen LogP contribution in [0.5, 0.6) is 0 Å². The molecule has 2 fully saturated rings. The first-order chi connectivity index (χ1) is 9.66. The van der Waals surface area contributed by atoms with E-state index in [1.807, 2.05) is 0 Å². The molecule has 0 aromatic carbocycles. The van der Waals surface area contributed by atoms with Gasteiger partial charge in [0, 0.05) is 36.1 Å². The Kier molecular flexibility index (Phi) is 3.94. The van der Waals surface area contributed by atoms with Crippen LogP contribution in [-0.4, -0.2) is 48.0 Å². The van der Waals surface area contributed by atoms with Gasteiger partial charge in [-0.1, -0.05) is 0 Å². The maximum absolute atomic E-state index is 12.6. The molecule has 0 atom stereocenters. The molecule has 1 N–H and O–H groups in total. The molecule has 0 radical (unpaired) electrons. The molecule has 0 amide bonds. The van der Waals surface area contributed by atoms with Gasteiger partial charge in [0.05, 0.1) is 6.54 Å². The first-order valence-electron chi connectivity index (χ1n) is 7.81. The molecule has 1 aromatic heterocycles. The Morgan fingerprint density at radius 3 is 2.85 bits per heavy atom. The van der Waals surface area contributed by atoms with Crippen LogP contribution >= 0.6 is 0 Å². The Bertz CT molecular complexity index is 494. The third-order valence-corrected chi connectivity index (χ3v) is 4.50. The van der Waals surface area contributed by atoms with E-state index in [1.165, 1.54) is 24.2 Å². The molecule has 0 unspecified atom stereocenters. The third-order valence-electron chi connectivity index (χ3n) is 4.50. The highest BCUT2D eigenvalue weighted by Crippen LogP contribution is 2.38. The number of aromatic nitrogens is 1. The minimum Gasteiger partial charge on any atom is -0.345 e. The van der Waals surface area contributed by atoms with Crippen molar-refractivity contribution in [2.45, 2.75) is 39.2 Å². The van der Waals surface area contributed by atoms with Crippen LogP contribution in [0.4, 0.5) is 0 Å². The standard InChI is InChI=1S/C16H25N3O/c1-12-10-15(13(2)19(12)14-4-5-14)16(20)11-18-8-3-6-17-7-9-18/h10,14,17H,3-9,11H2,1-2H3. The van der Waals surface area contributed by atoms with Gasteiger partial charge in [0.25, 0.3) is 0 Å². The van der Waals surface area contributed by atoms with Crippen molar-refractivity contribution in [1.82, 2.24) is 14.8 Å². The predicted octanol–water partition coefficient (Wildman–Crippen LogP) is 1.92. The van der Waals surface area contributed by atoms with Crippen molar-refractivity contribution in [2.75, 3.05) is 32.7 Å². The summed E-state index contributed by atoms with van der Waals surface area (Å²) in [5, 5.41) is 3.38. The zero-order valence-electron chi connectivity index (χ0n) is 12.6. The van der Waals surface area contributed by atoms with Crippen LogP contribution in [0.25, 0.3) is 0 Å². The molecule has 1 saturated heterocycles. The Balaban J connectivity index is 1.71. The maximum Gasteiger partial charge on any atom is 0.178 e. The second-order valence-corrected chi connectivity index (χ2v) is 6.19. The summed E-state index contributed by atoms with van der Waals surface area (Å²) >= 11 is 0. The van der Waals surface area contributed by atoms with Crippen molar-refractivity contribution in [3.63, 3.8) is 0 Å². The second kappa shape index (κ2) is 5.70. The summed E-state index contributed by atoms with van der Waals surface area (Å²) in [6.07, 6.45) is 3.66. The number of rotatable bonds is 4. The van der Waals surface area contributed by atoms with Crippen molar-refractivity contribution >= 4 is 5.78 Å². The van der Waals surface area contributed by atoms with E-state index in [4.69, 9.17) is 0 Å². The van der Waals surface area contributed by atoms with Gasteiger partial charge in [-0.3, -0.25) is 9.69 Å². The minimum atomic E-state index is 0.284. The van der Waals surface area contributed by atoms with Crippen LogP contribution < -0.4 is 5.32 Å². The summed E-state index contributed by atoms with van der Waals surface area (Å²) in [4.78, 5) is 14.9. The van der Waals surface area contributed by atoms with Crippen LogP contribution in [0.1, 0.15) is 47.1 Å². The smallest absolute Gasteiger partial charge is 0.178 e. The third kappa shape index (κ3) is 2.81. The van der Waals surface area contributed by atoms with Crippen LogP contribution in [0.3, 0.4) is 0 Å². The van der Waals surface area contributed by atoms with Gasteiger partial charge in [-0.05, 0) is 52.3 Å². The normalized spacial score (nSPS) is 20.9. The van der Waals surface area contributed by atoms with Gasteiger partial charge in [-0.15, -0.1) is 0 Å². The Morgan fingerprint density at radius 2 is 2.10 bits per heavy atom. The topological polar surface area (TPSA) is 37.3 Å². The van der Waals surface area contributed by atoms with Crippen LogP contribution in [0.2, 0.25) is 0 Å². The second-order valence-electron chi connectivity index (χ2n) is 6.19. The average molecular weight is 275 g/mol. The zero-order chi connectivity index (χ0) is 14.1. The summed E-state index contributed by atoms with van der Waals surface area (Å²) in [7, 11) is 0. The molecule has 2 heterocycles. The monoisotopic (exact) mass is 275 g/mol. The molecule has 0 bridgehead atoms. The van der Waals surface area contributed by atoms with Crippen LogP contribution in [0, 0.1) is 13.8 Å². The van der Waals surface area contributed by atoms with Gasteiger partial charge in [-0.2, -0.15) is 0 Å². The minimum absolute atomic E-state index is 0.284. The van der Waals surface area contributed by atoms with E-state index in [1.54, 1.807) is 0 Å². The molecule has 1 saturated carbocycles. The Labute approximate surface area is 121 Å². The summed E-state index contributed by atoms with van der Waals surface area (Å²) in [6.45, 7) is 8.86. The molecule has 20 heavy (non-hydrogen) atoms. The summed E-state index contributed by atoms with van der Waals surface area (Å²) in [5.74, 6) is 0.284. The number of ketones is 1. The van der Waals surface area contributed by atoms with Crippen molar-refractivity contribution in [3.8, 4) is 0 Å². The van der Waals surface area contributed by atoms with Gasteiger partial charge < -0.3 is 9.88 Å². The molecule has 2 aliphatic rings. The van der Waals surface area contributed by atoms with Crippen molar-refractivity contribution in [2.24, 2.45) is 0 Å². The van der Waals surface area contributed by atoms with E-state index in [2.05, 4.69) is 34.7 Å². The molecular weight excluding hydrogens is 250 g/mol. The lowest BCUT2D eigenvalue weighted by Gasteiger charge is -2.18. The Hall–Kier alpha value is -1.13. The molecule has 1 aliphatic carbocycles. The highest BCUT2D eigenvalue weighted by atomic mass is 16.1. The van der Waals surface area contributed by atoms with Gasteiger partial charge in [0.1, 0.15) is 0 Å². The fourth-order valence-corrected chi connectivity index (χ4v) is 3.30. The molecule has 1 aromatic rings. The highest BCUT2D eigenvalue weighted by molar-refractivity contribution is 5.99. The first-order valence-corrected chi connectivity index (χ1v) is 7.81. The average Bonchev–Trinajstić information content (AvgIpc) is 3.21. The van der Waals surface area contributed by atoms with Crippen molar-refractivity contribution < 1.29 is 4.79 Å². The SMILES string of the molecule is Cc1cc(C(=O)CN2CCCNCC2)c(C)n1C1CC1. The lowest BCUT2D eigenvalue weighted by Crippen LogP contribution is -2.33. The van der Waals surface area contributed by atoms with Gasteiger partial charge in [0.2, 0.25) is 0 Å². The largest absolute Gasteiger partial charge is 0.345 e. The number of aryl methyl sites for hydroxylation is 1. The number of nitrogens with zero attached hydrogens (tertiary/aromatic N) is 2. The number of Topliss-reactive ketones (excluding diaryl/α,β-unsaturated/α-hetero) is 1. The molecule has 3 rings (SSSR count). The van der Waals surface area contributed by atoms with E-state index in [9.17, 15) is 4.79 Å². The Morgan fingerprint density at radius 1 is 1.30 bits per heavy atom. The lowest BCUT2D eigenvalue weighted by molar-refractivity contribution is 0.0934. The summed E-state index contributed by atoms with van der Waals surface area (Å²) in [6, 6.07) is 2.74. The van der Waals surface area contributed by atoms with E-state index >= 15 is 0 Å². The molecule has 4 heteroatoms. The van der Waals surface area contributed by atoms with Crippen molar-refractivity contribution in [3.05, 3.63) is 23.0 Å². The van der Waals surface area contributed by atoms with Gasteiger partial charge in [0.15, 0.2) is 5.78 Å². The summed E-state index contributed by atoms with van der Waals surface area (Å²) in [5.41, 5.74) is 3.35. The fourth-order valence-electron chi connectivity index (χ4n) is 3.30.